The number of hydrogen-bond acceptors (Lipinski definition) is 6. The summed E-state index contributed by atoms with van der Waals surface area (Å²) >= 11 is 4.38. The third kappa shape index (κ3) is 1.98. The number of hydrogen-bond donors (Lipinski definition) is 0. The van der Waals surface area contributed by atoms with E-state index in [4.69, 9.17) is 4.74 Å². The SMILES string of the molecule is C=CC(=O)N1c2cc(C(=O)OC)sc2Sc2ccsc21. The normalized spacial score (nSPS) is 12.6. The minimum absolute atomic E-state index is 0.204. The highest BCUT2D eigenvalue weighted by molar-refractivity contribution is 8.01. The molecule has 102 valence electrons. The second-order valence-electron chi connectivity index (χ2n) is 3.84. The van der Waals surface area contributed by atoms with E-state index in [2.05, 4.69) is 6.58 Å². The molecule has 7 heteroatoms. The van der Waals surface area contributed by atoms with Crippen molar-refractivity contribution in [3.05, 3.63) is 35.0 Å². The number of rotatable bonds is 2. The summed E-state index contributed by atoms with van der Waals surface area (Å²) in [5.74, 6) is -0.594. The lowest BCUT2D eigenvalue weighted by Gasteiger charge is -2.24. The number of carbonyl (C=O) groups excluding carboxylic acids is 2. The van der Waals surface area contributed by atoms with Crippen LogP contribution >= 0.6 is 34.4 Å². The van der Waals surface area contributed by atoms with Gasteiger partial charge in [-0.15, -0.1) is 22.7 Å². The highest BCUT2D eigenvalue weighted by Crippen LogP contribution is 2.54. The zero-order valence-electron chi connectivity index (χ0n) is 10.4. The average molecular weight is 323 g/mol. The standard InChI is InChI=1S/C13H9NO3S3/c1-3-10(15)14-7-6-9(12(16)17-2)20-13(7)19-8-4-5-18-11(8)14/h3-6H,1H2,2H3. The molecule has 1 amide bonds. The van der Waals surface area contributed by atoms with Gasteiger partial charge in [-0.25, -0.2) is 4.79 Å². The maximum Gasteiger partial charge on any atom is 0.348 e. The van der Waals surface area contributed by atoms with Gasteiger partial charge in [0.05, 0.1) is 17.0 Å². The summed E-state index contributed by atoms with van der Waals surface area (Å²) in [6.07, 6.45) is 1.28. The van der Waals surface area contributed by atoms with Crippen LogP contribution in [0.15, 0.2) is 39.3 Å². The first-order chi connectivity index (χ1) is 9.65. The van der Waals surface area contributed by atoms with Crippen molar-refractivity contribution >= 4 is 57.0 Å². The van der Waals surface area contributed by atoms with Crippen LogP contribution in [0.25, 0.3) is 0 Å². The molecule has 2 aromatic heterocycles. The van der Waals surface area contributed by atoms with Crippen LogP contribution in [0.5, 0.6) is 0 Å². The van der Waals surface area contributed by atoms with E-state index in [0.29, 0.717) is 4.88 Å². The van der Waals surface area contributed by atoms with Crippen LogP contribution in [0.4, 0.5) is 10.7 Å². The zero-order chi connectivity index (χ0) is 14.3. The highest BCUT2D eigenvalue weighted by atomic mass is 32.2. The first-order valence-electron chi connectivity index (χ1n) is 5.59. The van der Waals surface area contributed by atoms with Crippen molar-refractivity contribution in [2.24, 2.45) is 0 Å². The number of anilines is 2. The predicted octanol–water partition coefficient (Wildman–Crippen LogP) is 3.91. The Bertz CT molecular complexity index is 716. The van der Waals surface area contributed by atoms with E-state index >= 15 is 0 Å². The fraction of sp³-hybridized carbons (Fsp3) is 0.0769. The fourth-order valence-electron chi connectivity index (χ4n) is 1.84. The van der Waals surface area contributed by atoms with Gasteiger partial charge in [-0.05, 0) is 23.6 Å². The minimum Gasteiger partial charge on any atom is -0.465 e. The van der Waals surface area contributed by atoms with Crippen LogP contribution < -0.4 is 4.90 Å². The smallest absolute Gasteiger partial charge is 0.348 e. The molecule has 0 saturated heterocycles. The summed E-state index contributed by atoms with van der Waals surface area (Å²) in [4.78, 5) is 26.9. The lowest BCUT2D eigenvalue weighted by atomic mass is 10.3. The Morgan fingerprint density at radius 3 is 2.95 bits per heavy atom. The number of esters is 1. The number of ether oxygens (including phenoxy) is 1. The molecule has 1 aliphatic rings. The molecule has 0 spiro atoms. The van der Waals surface area contributed by atoms with Crippen LogP contribution in [0.1, 0.15) is 9.67 Å². The molecule has 3 heterocycles. The molecule has 3 rings (SSSR count). The maximum absolute atomic E-state index is 12.1. The Hall–Kier alpha value is -1.57. The molecule has 4 nitrogen and oxygen atoms in total. The van der Waals surface area contributed by atoms with Crippen molar-refractivity contribution in [1.82, 2.24) is 0 Å². The fourth-order valence-corrected chi connectivity index (χ4v) is 5.28. The van der Waals surface area contributed by atoms with Crippen molar-refractivity contribution < 1.29 is 14.3 Å². The first-order valence-corrected chi connectivity index (χ1v) is 8.11. The third-order valence-electron chi connectivity index (χ3n) is 2.72. The number of carbonyl (C=O) groups is 2. The summed E-state index contributed by atoms with van der Waals surface area (Å²) in [6.45, 7) is 3.54. The van der Waals surface area contributed by atoms with E-state index in [1.165, 1.54) is 35.9 Å². The second kappa shape index (κ2) is 5.08. The van der Waals surface area contributed by atoms with Gasteiger partial charge in [-0.3, -0.25) is 9.69 Å². The average Bonchev–Trinajstić information content (AvgIpc) is 3.08. The Labute approximate surface area is 127 Å². The van der Waals surface area contributed by atoms with Gasteiger partial charge >= 0.3 is 5.97 Å². The van der Waals surface area contributed by atoms with Crippen LogP contribution in [-0.2, 0) is 9.53 Å². The first kappa shape index (κ1) is 13.4. The molecule has 20 heavy (non-hydrogen) atoms. The molecular weight excluding hydrogens is 314 g/mol. The van der Waals surface area contributed by atoms with Gasteiger partial charge in [-0.2, -0.15) is 0 Å². The monoisotopic (exact) mass is 323 g/mol. The summed E-state index contributed by atoms with van der Waals surface area (Å²) in [7, 11) is 1.34. The molecule has 0 bridgehead atoms. The van der Waals surface area contributed by atoms with Gasteiger partial charge in [-0.1, -0.05) is 18.3 Å². The van der Waals surface area contributed by atoms with Crippen molar-refractivity contribution in [2.75, 3.05) is 12.0 Å². The van der Waals surface area contributed by atoms with Crippen molar-refractivity contribution in [1.29, 1.82) is 0 Å². The van der Waals surface area contributed by atoms with Crippen LogP contribution in [0.2, 0.25) is 0 Å². The largest absolute Gasteiger partial charge is 0.465 e. The van der Waals surface area contributed by atoms with Gasteiger partial charge in [0.25, 0.3) is 5.91 Å². The topological polar surface area (TPSA) is 46.6 Å². The Morgan fingerprint density at radius 2 is 2.25 bits per heavy atom. The van der Waals surface area contributed by atoms with E-state index in [1.807, 2.05) is 11.4 Å². The molecule has 0 aliphatic carbocycles. The van der Waals surface area contributed by atoms with Crippen LogP contribution in [0.3, 0.4) is 0 Å². The minimum atomic E-state index is -0.389. The van der Waals surface area contributed by atoms with Crippen LogP contribution in [-0.4, -0.2) is 19.0 Å². The quantitative estimate of drug-likeness (QED) is 0.621. The molecule has 0 radical (unpaired) electrons. The molecule has 0 fully saturated rings. The Kier molecular flexibility index (Phi) is 3.41. The molecule has 0 N–H and O–H groups in total. The van der Waals surface area contributed by atoms with Crippen molar-refractivity contribution in [3.63, 3.8) is 0 Å². The van der Waals surface area contributed by atoms with Gasteiger partial charge in [0.2, 0.25) is 0 Å². The lowest BCUT2D eigenvalue weighted by Crippen LogP contribution is -2.24. The van der Waals surface area contributed by atoms with Crippen molar-refractivity contribution in [2.45, 2.75) is 9.10 Å². The lowest BCUT2D eigenvalue weighted by molar-refractivity contribution is -0.113. The van der Waals surface area contributed by atoms with E-state index in [1.54, 1.807) is 22.7 Å². The number of amides is 1. The van der Waals surface area contributed by atoms with Gasteiger partial charge < -0.3 is 4.74 Å². The molecule has 0 atom stereocenters. The maximum atomic E-state index is 12.1. The number of fused-ring (bicyclic) bond motifs is 2. The molecular formula is C13H9NO3S3. The van der Waals surface area contributed by atoms with E-state index in [-0.39, 0.29) is 11.9 Å². The van der Waals surface area contributed by atoms with Gasteiger partial charge in [0, 0.05) is 4.90 Å². The number of thiophene rings is 2. The number of methoxy groups -OCH3 is 1. The van der Waals surface area contributed by atoms with Gasteiger partial charge in [0.1, 0.15) is 9.88 Å². The van der Waals surface area contributed by atoms with Gasteiger partial charge in [0.15, 0.2) is 0 Å². The highest BCUT2D eigenvalue weighted by Gasteiger charge is 2.31. The third-order valence-corrected chi connectivity index (χ3v) is 6.09. The Balaban J connectivity index is 2.14. The Morgan fingerprint density at radius 1 is 1.45 bits per heavy atom. The van der Waals surface area contributed by atoms with E-state index < -0.39 is 0 Å². The van der Waals surface area contributed by atoms with E-state index in [9.17, 15) is 9.59 Å². The van der Waals surface area contributed by atoms with Crippen LogP contribution in [0, 0.1) is 0 Å². The summed E-state index contributed by atoms with van der Waals surface area (Å²) in [6, 6.07) is 3.66. The molecule has 2 aromatic rings. The van der Waals surface area contributed by atoms with E-state index in [0.717, 1.165) is 19.8 Å². The molecule has 0 unspecified atom stereocenters. The summed E-state index contributed by atoms with van der Waals surface area (Å²) in [5.41, 5.74) is 0.722. The summed E-state index contributed by atoms with van der Waals surface area (Å²) in [5, 5.41) is 2.81. The zero-order valence-corrected chi connectivity index (χ0v) is 12.9. The molecule has 0 aromatic carbocycles. The predicted molar refractivity (Wildman–Crippen MR) is 81.4 cm³/mol. The molecule has 1 aliphatic heterocycles. The number of nitrogens with zero attached hydrogens (tertiary/aromatic N) is 1. The second-order valence-corrected chi connectivity index (χ2v) is 7.10. The molecule has 0 saturated carbocycles. The van der Waals surface area contributed by atoms with Crippen molar-refractivity contribution in [3.8, 4) is 0 Å². The summed E-state index contributed by atoms with van der Waals surface area (Å²) < 4.78 is 5.64.